The van der Waals surface area contributed by atoms with E-state index in [0.29, 0.717) is 12.2 Å². The van der Waals surface area contributed by atoms with Gasteiger partial charge >= 0.3 is 0 Å². The van der Waals surface area contributed by atoms with Crippen molar-refractivity contribution in [2.24, 2.45) is 7.05 Å². The van der Waals surface area contributed by atoms with E-state index in [9.17, 15) is 4.79 Å². The van der Waals surface area contributed by atoms with Crippen molar-refractivity contribution in [2.45, 2.75) is 0 Å². The van der Waals surface area contributed by atoms with Gasteiger partial charge in [0.2, 0.25) is 0 Å². The molecule has 0 aliphatic rings. The van der Waals surface area contributed by atoms with Gasteiger partial charge in [0.25, 0.3) is 6.47 Å². The van der Waals surface area contributed by atoms with Gasteiger partial charge < -0.3 is 4.74 Å². The number of carbonyl (C=O) groups excluding carboxylic acids is 1. The molecule has 66 valence electrons. The lowest BCUT2D eigenvalue weighted by Crippen LogP contribution is -1.87. The zero-order chi connectivity index (χ0) is 9.26. The Labute approximate surface area is 74.7 Å². The van der Waals surface area contributed by atoms with Gasteiger partial charge in [-0.15, -0.1) is 0 Å². The van der Waals surface area contributed by atoms with E-state index in [1.165, 1.54) is 0 Å². The summed E-state index contributed by atoms with van der Waals surface area (Å²) in [6.07, 6.45) is 1.87. The number of hydrogen-bond acceptors (Lipinski definition) is 3. The molecule has 0 aliphatic carbocycles. The molecule has 2 aromatic rings. The van der Waals surface area contributed by atoms with E-state index in [-0.39, 0.29) is 0 Å². The minimum Gasteiger partial charge on any atom is -0.429 e. The van der Waals surface area contributed by atoms with Crippen LogP contribution in [0.1, 0.15) is 0 Å². The van der Waals surface area contributed by atoms with E-state index in [2.05, 4.69) is 5.10 Å². The van der Waals surface area contributed by atoms with E-state index in [4.69, 9.17) is 4.74 Å². The summed E-state index contributed by atoms with van der Waals surface area (Å²) in [6.45, 7) is 0.414. The standard InChI is InChI=1S/C9H8N2O2/c1-11-5-7-4-8(13-6-12)2-3-9(7)10-11/h2-6H,1H3. The van der Waals surface area contributed by atoms with Gasteiger partial charge in [0, 0.05) is 18.6 Å². The first-order valence-corrected chi connectivity index (χ1v) is 3.83. The third kappa shape index (κ3) is 1.38. The van der Waals surface area contributed by atoms with Gasteiger partial charge in [-0.3, -0.25) is 9.48 Å². The first-order chi connectivity index (χ1) is 6.29. The van der Waals surface area contributed by atoms with Crippen LogP contribution >= 0.6 is 0 Å². The minimum absolute atomic E-state index is 0.414. The molecule has 0 saturated heterocycles. The molecule has 4 heteroatoms. The molecule has 2 rings (SSSR count). The molecular weight excluding hydrogens is 168 g/mol. The highest BCUT2D eigenvalue weighted by Gasteiger charge is 1.99. The molecule has 1 aromatic heterocycles. The first-order valence-electron chi connectivity index (χ1n) is 3.83. The van der Waals surface area contributed by atoms with E-state index in [1.807, 2.05) is 19.3 Å². The smallest absolute Gasteiger partial charge is 0.298 e. The highest BCUT2D eigenvalue weighted by molar-refractivity contribution is 5.79. The predicted octanol–water partition coefficient (Wildman–Crippen LogP) is 1.11. The molecule has 0 aliphatic heterocycles. The van der Waals surface area contributed by atoms with E-state index in [1.54, 1.807) is 16.8 Å². The Morgan fingerprint density at radius 1 is 1.54 bits per heavy atom. The average Bonchev–Trinajstić information content (AvgIpc) is 2.44. The Kier molecular flexibility index (Phi) is 1.73. The fourth-order valence-electron chi connectivity index (χ4n) is 1.26. The molecule has 0 bridgehead atoms. The second kappa shape index (κ2) is 2.90. The topological polar surface area (TPSA) is 44.1 Å². The average molecular weight is 176 g/mol. The lowest BCUT2D eigenvalue weighted by atomic mass is 10.2. The molecule has 0 atom stereocenters. The molecule has 13 heavy (non-hydrogen) atoms. The van der Waals surface area contributed by atoms with E-state index >= 15 is 0 Å². The Bertz CT molecular complexity index is 448. The zero-order valence-corrected chi connectivity index (χ0v) is 7.10. The van der Waals surface area contributed by atoms with Crippen molar-refractivity contribution in [3.05, 3.63) is 24.4 Å². The van der Waals surface area contributed by atoms with Gasteiger partial charge in [-0.05, 0) is 18.2 Å². The lowest BCUT2D eigenvalue weighted by Gasteiger charge is -1.94. The Morgan fingerprint density at radius 2 is 2.38 bits per heavy atom. The molecule has 0 unspecified atom stereocenters. The summed E-state index contributed by atoms with van der Waals surface area (Å²) in [7, 11) is 1.85. The van der Waals surface area contributed by atoms with E-state index in [0.717, 1.165) is 10.9 Å². The van der Waals surface area contributed by atoms with Gasteiger partial charge in [-0.1, -0.05) is 0 Å². The number of hydrogen-bond donors (Lipinski definition) is 0. The van der Waals surface area contributed by atoms with Gasteiger partial charge in [-0.25, -0.2) is 0 Å². The number of ether oxygens (including phenoxy) is 1. The van der Waals surface area contributed by atoms with Gasteiger partial charge in [-0.2, -0.15) is 5.10 Å². The first kappa shape index (κ1) is 7.79. The highest BCUT2D eigenvalue weighted by atomic mass is 16.5. The number of aryl methyl sites for hydroxylation is 1. The maximum Gasteiger partial charge on any atom is 0.298 e. The molecule has 0 saturated carbocycles. The number of nitrogens with zero attached hydrogens (tertiary/aromatic N) is 2. The number of benzene rings is 1. The summed E-state index contributed by atoms with van der Waals surface area (Å²) < 4.78 is 6.42. The molecule has 0 amide bonds. The van der Waals surface area contributed by atoms with E-state index < -0.39 is 0 Å². The van der Waals surface area contributed by atoms with Gasteiger partial charge in [0.05, 0.1) is 5.52 Å². The number of carbonyl (C=O) groups is 1. The Hall–Kier alpha value is -1.84. The zero-order valence-electron chi connectivity index (χ0n) is 7.10. The van der Waals surface area contributed by atoms with Crippen LogP contribution in [0.2, 0.25) is 0 Å². The minimum atomic E-state index is 0.414. The number of fused-ring (bicyclic) bond motifs is 1. The normalized spacial score (nSPS) is 10.2. The van der Waals surface area contributed by atoms with Crippen LogP contribution in [0.15, 0.2) is 24.4 Å². The number of rotatable bonds is 2. The van der Waals surface area contributed by atoms with Crippen LogP contribution in [0.5, 0.6) is 5.75 Å². The predicted molar refractivity (Wildman–Crippen MR) is 47.4 cm³/mol. The number of aromatic nitrogens is 2. The van der Waals surface area contributed by atoms with Crippen LogP contribution in [0.3, 0.4) is 0 Å². The maximum atomic E-state index is 10.1. The van der Waals surface area contributed by atoms with Crippen LogP contribution in [-0.2, 0) is 11.8 Å². The van der Waals surface area contributed by atoms with Gasteiger partial charge in [0.1, 0.15) is 5.75 Å². The van der Waals surface area contributed by atoms with Crippen molar-refractivity contribution in [3.63, 3.8) is 0 Å². The second-order valence-corrected chi connectivity index (χ2v) is 2.74. The van der Waals surface area contributed by atoms with Crippen LogP contribution in [0.4, 0.5) is 0 Å². The molecule has 0 N–H and O–H groups in total. The van der Waals surface area contributed by atoms with Crippen molar-refractivity contribution < 1.29 is 9.53 Å². The fraction of sp³-hybridized carbons (Fsp3) is 0.111. The van der Waals surface area contributed by atoms with Gasteiger partial charge in [0.15, 0.2) is 0 Å². The largest absolute Gasteiger partial charge is 0.429 e. The van der Waals surface area contributed by atoms with Crippen LogP contribution in [0, 0.1) is 0 Å². The van der Waals surface area contributed by atoms with Crippen molar-refractivity contribution in [2.75, 3.05) is 0 Å². The lowest BCUT2D eigenvalue weighted by molar-refractivity contribution is -0.120. The molecule has 1 aromatic carbocycles. The molecule has 4 nitrogen and oxygen atoms in total. The SMILES string of the molecule is Cn1cc2cc(OC=O)ccc2n1. The summed E-state index contributed by atoms with van der Waals surface area (Å²) >= 11 is 0. The second-order valence-electron chi connectivity index (χ2n) is 2.74. The molecule has 0 radical (unpaired) electrons. The monoisotopic (exact) mass is 176 g/mol. The summed E-state index contributed by atoms with van der Waals surface area (Å²) in [5.41, 5.74) is 0.890. The van der Waals surface area contributed by atoms with Crippen LogP contribution in [0.25, 0.3) is 10.9 Å². The summed E-state index contributed by atoms with van der Waals surface area (Å²) in [6, 6.07) is 5.30. The Balaban J connectivity index is 2.54. The van der Waals surface area contributed by atoms with Crippen molar-refractivity contribution >= 4 is 17.4 Å². The third-order valence-corrected chi connectivity index (χ3v) is 1.77. The quantitative estimate of drug-likeness (QED) is 0.644. The summed E-state index contributed by atoms with van der Waals surface area (Å²) in [5, 5.41) is 5.15. The summed E-state index contributed by atoms with van der Waals surface area (Å²) in [4.78, 5) is 10.1. The van der Waals surface area contributed by atoms with Crippen LogP contribution in [-0.4, -0.2) is 16.3 Å². The molecular formula is C9H8N2O2. The fourth-order valence-corrected chi connectivity index (χ4v) is 1.26. The van der Waals surface area contributed by atoms with Crippen molar-refractivity contribution in [3.8, 4) is 5.75 Å². The summed E-state index contributed by atoms with van der Waals surface area (Å²) in [5.74, 6) is 0.538. The molecule has 1 heterocycles. The molecule has 0 fully saturated rings. The van der Waals surface area contributed by atoms with Crippen LogP contribution < -0.4 is 4.74 Å². The maximum absolute atomic E-state index is 10.1. The van der Waals surface area contributed by atoms with Crippen molar-refractivity contribution in [1.29, 1.82) is 0 Å². The molecule has 0 spiro atoms. The highest BCUT2D eigenvalue weighted by Crippen LogP contribution is 2.18. The Morgan fingerprint density at radius 3 is 3.15 bits per heavy atom. The third-order valence-electron chi connectivity index (χ3n) is 1.77. The van der Waals surface area contributed by atoms with Crippen molar-refractivity contribution in [1.82, 2.24) is 9.78 Å².